The number of rotatable bonds is 5. The highest BCUT2D eigenvalue weighted by Crippen LogP contribution is 2.26. The zero-order chi connectivity index (χ0) is 20.1. The SMILES string of the molecule is Cc1ccc(N2C[C@@H](C(=O)O[C@@H](C)C(=O)NC(=O)NC(C)C)CC2=O)cc1. The van der Waals surface area contributed by atoms with Crippen molar-refractivity contribution in [2.24, 2.45) is 5.92 Å². The molecule has 2 atom stereocenters. The van der Waals surface area contributed by atoms with E-state index in [1.54, 1.807) is 13.8 Å². The highest BCUT2D eigenvalue weighted by molar-refractivity contribution is 6.00. The molecule has 0 aliphatic carbocycles. The molecule has 8 nitrogen and oxygen atoms in total. The number of imide groups is 1. The van der Waals surface area contributed by atoms with Crippen LogP contribution in [0.2, 0.25) is 0 Å². The third kappa shape index (κ3) is 5.54. The summed E-state index contributed by atoms with van der Waals surface area (Å²) in [4.78, 5) is 49.6. The molecule has 8 heteroatoms. The molecular formula is C19H25N3O5. The molecule has 0 unspecified atom stereocenters. The summed E-state index contributed by atoms with van der Waals surface area (Å²) in [6.45, 7) is 7.03. The smallest absolute Gasteiger partial charge is 0.321 e. The lowest BCUT2D eigenvalue weighted by molar-refractivity contribution is -0.158. The van der Waals surface area contributed by atoms with Crippen molar-refractivity contribution >= 4 is 29.5 Å². The lowest BCUT2D eigenvalue weighted by Crippen LogP contribution is -2.47. The fourth-order valence-electron chi connectivity index (χ4n) is 2.68. The van der Waals surface area contributed by atoms with Gasteiger partial charge in [0.2, 0.25) is 5.91 Å². The fourth-order valence-corrected chi connectivity index (χ4v) is 2.68. The molecule has 0 bridgehead atoms. The Balaban J connectivity index is 1.90. The molecule has 1 aromatic carbocycles. The molecule has 0 saturated carbocycles. The topological polar surface area (TPSA) is 105 Å². The summed E-state index contributed by atoms with van der Waals surface area (Å²) in [5, 5.41) is 4.62. The van der Waals surface area contributed by atoms with Crippen LogP contribution in [0.25, 0.3) is 0 Å². The van der Waals surface area contributed by atoms with Crippen LogP contribution >= 0.6 is 0 Å². The third-order valence-corrected chi connectivity index (χ3v) is 4.12. The van der Waals surface area contributed by atoms with E-state index in [4.69, 9.17) is 4.74 Å². The summed E-state index contributed by atoms with van der Waals surface area (Å²) in [6, 6.07) is 6.65. The van der Waals surface area contributed by atoms with E-state index in [1.807, 2.05) is 31.2 Å². The third-order valence-electron chi connectivity index (χ3n) is 4.12. The van der Waals surface area contributed by atoms with E-state index in [0.29, 0.717) is 0 Å². The Hall–Kier alpha value is -2.90. The first-order chi connectivity index (χ1) is 12.7. The normalized spacial score (nSPS) is 17.6. The molecule has 2 N–H and O–H groups in total. The number of benzene rings is 1. The van der Waals surface area contributed by atoms with E-state index in [2.05, 4.69) is 10.6 Å². The van der Waals surface area contributed by atoms with E-state index < -0.39 is 29.9 Å². The van der Waals surface area contributed by atoms with Gasteiger partial charge in [-0.15, -0.1) is 0 Å². The second-order valence-corrected chi connectivity index (χ2v) is 6.94. The minimum absolute atomic E-state index is 0.0227. The number of anilines is 1. The molecule has 27 heavy (non-hydrogen) atoms. The Morgan fingerprint density at radius 3 is 2.37 bits per heavy atom. The maximum atomic E-state index is 12.3. The molecule has 2 rings (SSSR count). The molecule has 146 valence electrons. The standard InChI is InChI=1S/C19H25N3O5/c1-11(2)20-19(26)21-17(24)13(4)27-18(25)14-9-16(23)22(10-14)15-7-5-12(3)6-8-15/h5-8,11,13-14H,9-10H2,1-4H3,(H2,20,21,24,26)/t13-,14-/m0/s1. The van der Waals surface area contributed by atoms with Crippen LogP contribution in [0, 0.1) is 12.8 Å². The van der Waals surface area contributed by atoms with Crippen LogP contribution in [0.1, 0.15) is 32.8 Å². The second-order valence-electron chi connectivity index (χ2n) is 6.94. The molecule has 1 aromatic rings. The number of nitrogens with zero attached hydrogens (tertiary/aromatic N) is 1. The quantitative estimate of drug-likeness (QED) is 0.759. The minimum atomic E-state index is -1.14. The summed E-state index contributed by atoms with van der Waals surface area (Å²) in [5.74, 6) is -2.18. The lowest BCUT2D eigenvalue weighted by Gasteiger charge is -2.18. The van der Waals surface area contributed by atoms with E-state index in [-0.39, 0.29) is 24.9 Å². The van der Waals surface area contributed by atoms with E-state index >= 15 is 0 Å². The first-order valence-electron chi connectivity index (χ1n) is 8.86. The Bertz CT molecular complexity index is 729. The van der Waals surface area contributed by atoms with Gasteiger partial charge in [-0.3, -0.25) is 19.7 Å². The van der Waals surface area contributed by atoms with Gasteiger partial charge in [-0.25, -0.2) is 4.79 Å². The van der Waals surface area contributed by atoms with Crippen molar-refractivity contribution in [3.8, 4) is 0 Å². The van der Waals surface area contributed by atoms with Crippen molar-refractivity contribution in [3.63, 3.8) is 0 Å². The Labute approximate surface area is 158 Å². The number of amides is 4. The Kier molecular flexibility index (Phi) is 6.55. The molecule has 1 saturated heterocycles. The Morgan fingerprint density at radius 2 is 1.78 bits per heavy atom. The predicted molar refractivity (Wildman–Crippen MR) is 99.0 cm³/mol. The molecule has 1 heterocycles. The fraction of sp³-hybridized carbons (Fsp3) is 0.474. The molecule has 1 aliphatic heterocycles. The number of nitrogens with one attached hydrogen (secondary N) is 2. The van der Waals surface area contributed by atoms with Crippen LogP contribution in [-0.2, 0) is 19.1 Å². The number of carbonyl (C=O) groups is 4. The summed E-state index contributed by atoms with van der Waals surface area (Å²) in [5.41, 5.74) is 1.79. The van der Waals surface area contributed by atoms with Crippen molar-refractivity contribution in [2.75, 3.05) is 11.4 Å². The van der Waals surface area contributed by atoms with Gasteiger partial charge < -0.3 is 15.0 Å². The van der Waals surface area contributed by atoms with Gasteiger partial charge in [0.05, 0.1) is 5.92 Å². The molecular weight excluding hydrogens is 350 g/mol. The number of aryl methyl sites for hydroxylation is 1. The number of carbonyl (C=O) groups excluding carboxylic acids is 4. The first-order valence-corrected chi connectivity index (χ1v) is 8.86. The molecule has 0 aromatic heterocycles. The zero-order valence-electron chi connectivity index (χ0n) is 15.9. The zero-order valence-corrected chi connectivity index (χ0v) is 15.9. The summed E-state index contributed by atoms with van der Waals surface area (Å²) in [7, 11) is 0. The largest absolute Gasteiger partial charge is 0.452 e. The van der Waals surface area contributed by atoms with E-state index in [9.17, 15) is 19.2 Å². The van der Waals surface area contributed by atoms with Crippen molar-refractivity contribution in [1.82, 2.24) is 10.6 Å². The van der Waals surface area contributed by atoms with Gasteiger partial charge in [0.25, 0.3) is 5.91 Å². The van der Waals surface area contributed by atoms with Gasteiger partial charge in [0.1, 0.15) is 0 Å². The van der Waals surface area contributed by atoms with Crippen molar-refractivity contribution in [3.05, 3.63) is 29.8 Å². The van der Waals surface area contributed by atoms with Crippen LogP contribution < -0.4 is 15.5 Å². The van der Waals surface area contributed by atoms with Gasteiger partial charge in [-0.1, -0.05) is 17.7 Å². The first kappa shape index (κ1) is 20.4. The average Bonchev–Trinajstić information content (AvgIpc) is 2.96. The van der Waals surface area contributed by atoms with Gasteiger partial charge in [-0.05, 0) is 39.8 Å². The van der Waals surface area contributed by atoms with Crippen molar-refractivity contribution in [1.29, 1.82) is 0 Å². The average molecular weight is 375 g/mol. The van der Waals surface area contributed by atoms with Crippen molar-refractivity contribution in [2.45, 2.75) is 46.3 Å². The second kappa shape index (κ2) is 8.66. The van der Waals surface area contributed by atoms with E-state index in [1.165, 1.54) is 11.8 Å². The van der Waals surface area contributed by atoms with Crippen LogP contribution in [0.15, 0.2) is 24.3 Å². The summed E-state index contributed by atoms with van der Waals surface area (Å²) >= 11 is 0. The number of hydrogen-bond acceptors (Lipinski definition) is 5. The molecule has 0 radical (unpaired) electrons. The maximum absolute atomic E-state index is 12.3. The highest BCUT2D eigenvalue weighted by atomic mass is 16.5. The number of hydrogen-bond donors (Lipinski definition) is 2. The van der Waals surface area contributed by atoms with Gasteiger partial charge in [0, 0.05) is 24.7 Å². The molecule has 4 amide bonds. The van der Waals surface area contributed by atoms with Crippen LogP contribution in [-0.4, -0.2) is 42.5 Å². The Morgan fingerprint density at radius 1 is 1.15 bits per heavy atom. The van der Waals surface area contributed by atoms with Gasteiger partial charge >= 0.3 is 12.0 Å². The maximum Gasteiger partial charge on any atom is 0.321 e. The van der Waals surface area contributed by atoms with Crippen LogP contribution in [0.5, 0.6) is 0 Å². The molecule has 1 fully saturated rings. The number of esters is 1. The van der Waals surface area contributed by atoms with Crippen LogP contribution in [0.3, 0.4) is 0 Å². The van der Waals surface area contributed by atoms with Gasteiger partial charge in [0.15, 0.2) is 6.10 Å². The predicted octanol–water partition coefficient (Wildman–Crippen LogP) is 1.51. The van der Waals surface area contributed by atoms with E-state index in [0.717, 1.165) is 11.3 Å². The summed E-state index contributed by atoms with van der Waals surface area (Å²) < 4.78 is 5.14. The lowest BCUT2D eigenvalue weighted by atomic mass is 10.1. The highest BCUT2D eigenvalue weighted by Gasteiger charge is 2.37. The van der Waals surface area contributed by atoms with Crippen molar-refractivity contribution < 1.29 is 23.9 Å². The van der Waals surface area contributed by atoms with Gasteiger partial charge in [-0.2, -0.15) is 0 Å². The molecule has 1 aliphatic rings. The molecule has 0 spiro atoms. The minimum Gasteiger partial charge on any atom is -0.452 e. The summed E-state index contributed by atoms with van der Waals surface area (Å²) in [6.07, 6.45) is -1.12. The monoisotopic (exact) mass is 375 g/mol. The number of ether oxygens (including phenoxy) is 1. The van der Waals surface area contributed by atoms with Crippen LogP contribution in [0.4, 0.5) is 10.5 Å². The number of urea groups is 1.